The van der Waals surface area contributed by atoms with Gasteiger partial charge in [0.1, 0.15) is 22.7 Å². The molecule has 0 radical (unpaired) electrons. The third-order valence-electron chi connectivity index (χ3n) is 8.17. The highest BCUT2D eigenvalue weighted by molar-refractivity contribution is 7.80. The van der Waals surface area contributed by atoms with Crippen LogP contribution in [0, 0.1) is 0 Å². The second kappa shape index (κ2) is 20.1. The predicted octanol–water partition coefficient (Wildman–Crippen LogP) is 7.14. The summed E-state index contributed by atoms with van der Waals surface area (Å²) in [6.07, 6.45) is 3.79. The molecule has 12 nitrogen and oxygen atoms in total. The quantitative estimate of drug-likeness (QED) is 0.111. The number of nitrogens with zero attached hydrogens (tertiary/aromatic N) is 2. The van der Waals surface area contributed by atoms with Crippen molar-refractivity contribution < 1.29 is 38.1 Å². The van der Waals surface area contributed by atoms with Crippen LogP contribution in [-0.2, 0) is 32.1 Å². The Morgan fingerprint density at radius 3 is 1.60 bits per heavy atom. The Kier molecular flexibility index (Phi) is 16.2. The minimum Gasteiger partial charge on any atom is -0.497 e. The zero-order chi connectivity index (χ0) is 39.2. The SMILES string of the molecule is CCOC(=O)C=C1CCC(NC(=O)OC(C)(C)C)CN1Cc1ccc(OC)cc1.COc1ccc(CN2CC(NC(=O)OC(C)(C)C)CCC2=S)cc1. The van der Waals surface area contributed by atoms with Gasteiger partial charge in [0.15, 0.2) is 0 Å². The predicted molar refractivity (Wildman–Crippen MR) is 209 cm³/mol. The first-order valence-corrected chi connectivity index (χ1v) is 18.5. The number of carbonyl (C=O) groups excluding carboxylic acids is 3. The van der Waals surface area contributed by atoms with Crippen molar-refractivity contribution in [1.82, 2.24) is 20.4 Å². The van der Waals surface area contributed by atoms with Crippen LogP contribution in [-0.4, -0.2) is 90.1 Å². The highest BCUT2D eigenvalue weighted by atomic mass is 32.1. The van der Waals surface area contributed by atoms with Gasteiger partial charge in [-0.15, -0.1) is 0 Å². The number of ether oxygens (including phenoxy) is 5. The van der Waals surface area contributed by atoms with Crippen molar-refractivity contribution in [3.8, 4) is 11.5 Å². The molecule has 13 heteroatoms. The Balaban J connectivity index is 0.000000290. The number of benzene rings is 2. The lowest BCUT2D eigenvalue weighted by Crippen LogP contribution is -2.50. The summed E-state index contributed by atoms with van der Waals surface area (Å²) < 4.78 is 26.2. The lowest BCUT2D eigenvalue weighted by atomic mass is 10.0. The van der Waals surface area contributed by atoms with Gasteiger partial charge < -0.3 is 44.1 Å². The Morgan fingerprint density at radius 2 is 1.17 bits per heavy atom. The van der Waals surface area contributed by atoms with Crippen LogP contribution in [0.25, 0.3) is 0 Å². The normalized spacial score (nSPS) is 18.3. The number of thiocarbonyl (C=S) groups is 1. The first kappa shape index (κ1) is 42.9. The number of methoxy groups -OCH3 is 2. The molecule has 2 amide bonds. The van der Waals surface area contributed by atoms with Crippen LogP contribution < -0.4 is 20.1 Å². The number of hydrogen-bond donors (Lipinski definition) is 2. The van der Waals surface area contributed by atoms with Gasteiger partial charge in [-0.3, -0.25) is 0 Å². The highest BCUT2D eigenvalue weighted by Crippen LogP contribution is 2.25. The molecule has 4 rings (SSSR count). The first-order valence-electron chi connectivity index (χ1n) is 18.1. The van der Waals surface area contributed by atoms with Gasteiger partial charge in [0.05, 0.1) is 37.9 Å². The molecular weight excluding hydrogens is 697 g/mol. The molecule has 2 fully saturated rings. The Morgan fingerprint density at radius 1 is 0.736 bits per heavy atom. The summed E-state index contributed by atoms with van der Waals surface area (Å²) in [5.41, 5.74) is 2.11. The molecule has 0 saturated carbocycles. The van der Waals surface area contributed by atoms with E-state index in [1.807, 2.05) is 90.1 Å². The molecule has 2 N–H and O–H groups in total. The topological polar surface area (TPSA) is 128 Å². The van der Waals surface area contributed by atoms with E-state index in [0.29, 0.717) is 32.7 Å². The number of carbonyl (C=O) groups is 3. The number of piperidine rings is 2. The van der Waals surface area contributed by atoms with E-state index >= 15 is 0 Å². The summed E-state index contributed by atoms with van der Waals surface area (Å²) in [5.74, 6) is 1.28. The van der Waals surface area contributed by atoms with Crippen molar-refractivity contribution >= 4 is 35.4 Å². The number of esters is 1. The van der Waals surface area contributed by atoms with E-state index in [1.165, 1.54) is 0 Å². The van der Waals surface area contributed by atoms with Gasteiger partial charge in [-0.1, -0.05) is 36.5 Å². The maximum atomic E-state index is 12.2. The molecule has 0 bridgehead atoms. The third-order valence-corrected chi connectivity index (χ3v) is 8.64. The summed E-state index contributed by atoms with van der Waals surface area (Å²) in [7, 11) is 3.29. The van der Waals surface area contributed by atoms with E-state index < -0.39 is 17.3 Å². The number of hydrogen-bond acceptors (Lipinski definition) is 10. The molecule has 2 aromatic carbocycles. The van der Waals surface area contributed by atoms with Gasteiger partial charge >= 0.3 is 18.2 Å². The second-order valence-electron chi connectivity index (χ2n) is 15.0. The van der Waals surface area contributed by atoms with Crippen molar-refractivity contribution in [1.29, 1.82) is 0 Å². The van der Waals surface area contributed by atoms with E-state index in [-0.39, 0.29) is 24.1 Å². The number of amides is 2. The molecular formula is C40H58N4O8S. The molecule has 53 heavy (non-hydrogen) atoms. The monoisotopic (exact) mass is 754 g/mol. The lowest BCUT2D eigenvalue weighted by Gasteiger charge is -2.37. The minimum atomic E-state index is -0.545. The zero-order valence-corrected chi connectivity index (χ0v) is 33.6. The van der Waals surface area contributed by atoms with E-state index in [9.17, 15) is 14.4 Å². The average Bonchev–Trinajstić information content (AvgIpc) is 3.07. The largest absolute Gasteiger partial charge is 0.497 e. The molecule has 2 atom stereocenters. The first-order chi connectivity index (χ1) is 25.0. The van der Waals surface area contributed by atoms with Gasteiger partial charge in [-0.25, -0.2) is 14.4 Å². The standard InChI is InChI=1S/C22H32N2O5.C18H26N2O3S/c1-6-28-20(25)13-18-10-9-17(23-21(26)29-22(2,3)4)15-24(18)14-16-7-11-19(27-5)12-8-16;1-18(2,3)23-17(21)19-14-7-10-16(24)20(12-14)11-13-5-8-15(22-4)9-6-13/h7-8,11-13,17H,6,9-10,14-15H2,1-5H3,(H,23,26);5-6,8-9,14H,7,10-12H2,1-4H3,(H,19,21). The summed E-state index contributed by atoms with van der Waals surface area (Å²) >= 11 is 5.49. The third kappa shape index (κ3) is 15.9. The van der Waals surface area contributed by atoms with Crippen LogP contribution in [0.15, 0.2) is 60.3 Å². The average molecular weight is 755 g/mol. The van der Waals surface area contributed by atoms with E-state index in [2.05, 4.69) is 20.4 Å². The molecule has 0 aromatic heterocycles. The number of allylic oxidation sites excluding steroid dienone is 1. The van der Waals surface area contributed by atoms with Gasteiger partial charge in [-0.05, 0) is 110 Å². The number of likely N-dealkylation sites (tertiary alicyclic amines) is 2. The Hall–Kier alpha value is -4.52. The summed E-state index contributed by atoms with van der Waals surface area (Å²) in [5, 5.41) is 5.89. The van der Waals surface area contributed by atoms with Crippen molar-refractivity contribution in [2.75, 3.05) is 33.9 Å². The summed E-state index contributed by atoms with van der Waals surface area (Å²) in [6.45, 7) is 15.8. The van der Waals surface area contributed by atoms with Crippen molar-refractivity contribution in [3.63, 3.8) is 0 Å². The van der Waals surface area contributed by atoms with Crippen LogP contribution in [0.4, 0.5) is 9.59 Å². The smallest absolute Gasteiger partial charge is 0.407 e. The highest BCUT2D eigenvalue weighted by Gasteiger charge is 2.28. The maximum absolute atomic E-state index is 12.2. The maximum Gasteiger partial charge on any atom is 0.407 e. The summed E-state index contributed by atoms with van der Waals surface area (Å²) in [6, 6.07) is 15.7. The molecule has 2 aliphatic heterocycles. The van der Waals surface area contributed by atoms with Gasteiger partial charge in [0.2, 0.25) is 0 Å². The molecule has 292 valence electrons. The molecule has 0 spiro atoms. The van der Waals surface area contributed by atoms with Gasteiger partial charge in [0.25, 0.3) is 0 Å². The van der Waals surface area contributed by atoms with Crippen LogP contribution in [0.3, 0.4) is 0 Å². The van der Waals surface area contributed by atoms with Gasteiger partial charge in [0, 0.05) is 38.0 Å². The van der Waals surface area contributed by atoms with E-state index in [1.54, 1.807) is 27.2 Å². The number of nitrogens with one attached hydrogen (secondary N) is 2. The molecule has 2 unspecified atom stereocenters. The number of alkyl carbamates (subject to hydrolysis) is 2. The van der Waals surface area contributed by atoms with E-state index in [0.717, 1.165) is 59.1 Å². The molecule has 2 heterocycles. The molecule has 2 aliphatic rings. The van der Waals surface area contributed by atoms with Crippen LogP contribution in [0.1, 0.15) is 85.3 Å². The fourth-order valence-electron chi connectivity index (χ4n) is 5.76. The number of rotatable bonds is 10. The Bertz CT molecular complexity index is 1530. The molecule has 0 aliphatic carbocycles. The summed E-state index contributed by atoms with van der Waals surface area (Å²) in [4.78, 5) is 41.3. The fourth-order valence-corrected chi connectivity index (χ4v) is 6.02. The van der Waals surface area contributed by atoms with Crippen LogP contribution >= 0.6 is 12.2 Å². The minimum absolute atomic E-state index is 0.0461. The van der Waals surface area contributed by atoms with Crippen LogP contribution in [0.2, 0.25) is 0 Å². The van der Waals surface area contributed by atoms with Gasteiger partial charge in [-0.2, -0.15) is 0 Å². The van der Waals surface area contributed by atoms with Crippen molar-refractivity contribution in [3.05, 3.63) is 71.4 Å². The Labute approximate surface area is 320 Å². The van der Waals surface area contributed by atoms with Crippen LogP contribution in [0.5, 0.6) is 11.5 Å². The van der Waals surface area contributed by atoms with E-state index in [4.69, 9.17) is 35.9 Å². The molecule has 2 aromatic rings. The lowest BCUT2D eigenvalue weighted by molar-refractivity contribution is -0.137. The second-order valence-corrected chi connectivity index (χ2v) is 15.5. The van der Waals surface area contributed by atoms with Crippen molar-refractivity contribution in [2.45, 2.75) is 111 Å². The van der Waals surface area contributed by atoms with Crippen molar-refractivity contribution in [2.24, 2.45) is 0 Å². The fraction of sp³-hybridized carbons (Fsp3) is 0.550. The zero-order valence-electron chi connectivity index (χ0n) is 32.8. The molecule has 2 saturated heterocycles.